The number of rotatable bonds is 4. The van der Waals surface area contributed by atoms with Crippen molar-refractivity contribution in [3.05, 3.63) is 11.1 Å². The second-order valence-corrected chi connectivity index (χ2v) is 3.07. The minimum absolute atomic E-state index is 0.222. The van der Waals surface area contributed by atoms with Gasteiger partial charge < -0.3 is 9.47 Å². The Kier molecular flexibility index (Phi) is 5.60. The topological polar surface area (TPSA) is 52.6 Å². The Balaban J connectivity index is 4.28. The van der Waals surface area contributed by atoms with E-state index >= 15 is 0 Å². The summed E-state index contributed by atoms with van der Waals surface area (Å²) in [5.74, 6) is -0.599. The van der Waals surface area contributed by atoms with Crippen molar-refractivity contribution in [1.29, 1.82) is 0 Å². The van der Waals surface area contributed by atoms with Gasteiger partial charge in [0.1, 0.15) is 0 Å². The van der Waals surface area contributed by atoms with E-state index in [2.05, 4.69) is 9.47 Å². The van der Waals surface area contributed by atoms with Crippen LogP contribution >= 0.6 is 0 Å². The molecule has 0 N–H and O–H groups in total. The van der Waals surface area contributed by atoms with E-state index < -0.39 is 0 Å². The second-order valence-electron chi connectivity index (χ2n) is 3.07. The van der Waals surface area contributed by atoms with Crippen LogP contribution in [0.5, 0.6) is 0 Å². The summed E-state index contributed by atoms with van der Waals surface area (Å²) in [5.41, 5.74) is 1.70. The largest absolute Gasteiger partial charge is 0.469 e. The second kappa shape index (κ2) is 6.18. The average Bonchev–Trinajstić information content (AvgIpc) is 2.17. The van der Waals surface area contributed by atoms with Gasteiger partial charge in [-0.05, 0) is 13.8 Å². The van der Waals surface area contributed by atoms with Gasteiger partial charge in [-0.2, -0.15) is 0 Å². The third kappa shape index (κ3) is 4.64. The van der Waals surface area contributed by atoms with Crippen molar-refractivity contribution in [2.45, 2.75) is 26.7 Å². The monoisotopic (exact) mass is 200 g/mol. The fourth-order valence-electron chi connectivity index (χ4n) is 0.879. The minimum Gasteiger partial charge on any atom is -0.469 e. The summed E-state index contributed by atoms with van der Waals surface area (Å²) in [6, 6.07) is 0. The van der Waals surface area contributed by atoms with Crippen LogP contribution in [0.4, 0.5) is 0 Å². The number of hydrogen-bond acceptors (Lipinski definition) is 4. The Morgan fingerprint density at radius 3 is 1.36 bits per heavy atom. The van der Waals surface area contributed by atoms with Crippen LogP contribution in [-0.4, -0.2) is 26.2 Å². The highest BCUT2D eigenvalue weighted by atomic mass is 16.5. The Bertz CT molecular complexity index is 227. The number of carbonyl (C=O) groups excluding carboxylic acids is 2. The van der Waals surface area contributed by atoms with Crippen LogP contribution in [-0.2, 0) is 19.1 Å². The lowest BCUT2D eigenvalue weighted by Crippen LogP contribution is -2.05. The molecule has 0 unspecified atom stereocenters. The van der Waals surface area contributed by atoms with E-state index in [1.165, 1.54) is 14.2 Å². The molecule has 0 heterocycles. The minimum atomic E-state index is -0.299. The molecule has 0 radical (unpaired) electrons. The molecule has 4 heteroatoms. The predicted molar refractivity (Wildman–Crippen MR) is 51.6 cm³/mol. The molecule has 0 atom stereocenters. The van der Waals surface area contributed by atoms with Gasteiger partial charge in [-0.25, -0.2) is 0 Å². The van der Waals surface area contributed by atoms with E-state index in [0.29, 0.717) is 0 Å². The molecule has 0 aliphatic heterocycles. The molecule has 0 aliphatic rings. The quantitative estimate of drug-likeness (QED) is 0.509. The Morgan fingerprint density at radius 1 is 0.857 bits per heavy atom. The molecule has 0 amide bonds. The fourth-order valence-corrected chi connectivity index (χ4v) is 0.879. The van der Waals surface area contributed by atoms with Crippen LogP contribution in [0, 0.1) is 0 Å². The van der Waals surface area contributed by atoms with Crippen LogP contribution in [0.1, 0.15) is 26.7 Å². The molecular weight excluding hydrogens is 184 g/mol. The number of ether oxygens (including phenoxy) is 2. The highest BCUT2D eigenvalue weighted by Gasteiger charge is 2.08. The summed E-state index contributed by atoms with van der Waals surface area (Å²) < 4.78 is 9.03. The lowest BCUT2D eigenvalue weighted by atomic mass is 10.1. The van der Waals surface area contributed by atoms with Crippen molar-refractivity contribution in [1.82, 2.24) is 0 Å². The van der Waals surface area contributed by atoms with Crippen molar-refractivity contribution in [3.8, 4) is 0 Å². The van der Waals surface area contributed by atoms with Crippen molar-refractivity contribution >= 4 is 11.9 Å². The summed E-state index contributed by atoms with van der Waals surface area (Å²) in [6.45, 7) is 3.60. The molecule has 0 saturated carbocycles. The van der Waals surface area contributed by atoms with Gasteiger partial charge in [-0.1, -0.05) is 11.1 Å². The normalized spacial score (nSPS) is 11.7. The molecular formula is C10H16O4. The van der Waals surface area contributed by atoms with Gasteiger partial charge in [0.05, 0.1) is 27.1 Å². The zero-order valence-corrected chi connectivity index (χ0v) is 9.05. The summed E-state index contributed by atoms with van der Waals surface area (Å²) in [4.78, 5) is 21.8. The smallest absolute Gasteiger partial charge is 0.309 e. The molecule has 0 bridgehead atoms. The van der Waals surface area contributed by atoms with E-state index in [1.807, 2.05) is 0 Å². The summed E-state index contributed by atoms with van der Waals surface area (Å²) in [5, 5.41) is 0. The summed E-state index contributed by atoms with van der Waals surface area (Å²) in [7, 11) is 2.68. The van der Waals surface area contributed by atoms with Crippen LogP contribution in [0.3, 0.4) is 0 Å². The van der Waals surface area contributed by atoms with Crippen LogP contribution in [0.15, 0.2) is 11.1 Å². The highest BCUT2D eigenvalue weighted by Crippen LogP contribution is 2.12. The fraction of sp³-hybridized carbons (Fsp3) is 0.600. The molecule has 0 spiro atoms. The molecule has 0 rings (SSSR count). The van der Waals surface area contributed by atoms with Crippen LogP contribution in [0.2, 0.25) is 0 Å². The standard InChI is InChI=1S/C10H16O4/c1-7(5-9(11)13-3)8(2)6-10(12)14-4/h5-6H2,1-4H3. The maximum absolute atomic E-state index is 10.9. The van der Waals surface area contributed by atoms with Crippen LogP contribution in [0.25, 0.3) is 0 Å². The van der Waals surface area contributed by atoms with E-state index in [-0.39, 0.29) is 24.8 Å². The Labute approximate surface area is 83.9 Å². The number of methoxy groups -OCH3 is 2. The van der Waals surface area contributed by atoms with Gasteiger partial charge in [0, 0.05) is 0 Å². The number of esters is 2. The molecule has 14 heavy (non-hydrogen) atoms. The molecule has 0 aromatic heterocycles. The van der Waals surface area contributed by atoms with Crippen molar-refractivity contribution in [3.63, 3.8) is 0 Å². The third-order valence-electron chi connectivity index (χ3n) is 2.00. The highest BCUT2D eigenvalue weighted by molar-refractivity contribution is 5.75. The Morgan fingerprint density at radius 2 is 1.14 bits per heavy atom. The third-order valence-corrected chi connectivity index (χ3v) is 2.00. The molecule has 0 aromatic carbocycles. The maximum Gasteiger partial charge on any atom is 0.309 e. The van der Waals surface area contributed by atoms with Gasteiger partial charge in [0.2, 0.25) is 0 Å². The Hall–Kier alpha value is -1.32. The molecule has 4 nitrogen and oxygen atoms in total. The molecule has 0 aliphatic carbocycles. The lowest BCUT2D eigenvalue weighted by molar-refractivity contribution is -0.141. The van der Waals surface area contributed by atoms with Crippen molar-refractivity contribution in [2.75, 3.05) is 14.2 Å². The van der Waals surface area contributed by atoms with Gasteiger partial charge >= 0.3 is 11.9 Å². The zero-order chi connectivity index (χ0) is 11.1. The van der Waals surface area contributed by atoms with Gasteiger partial charge in [0.15, 0.2) is 0 Å². The van der Waals surface area contributed by atoms with Gasteiger partial charge in [-0.3, -0.25) is 9.59 Å². The van der Waals surface area contributed by atoms with E-state index in [0.717, 1.165) is 11.1 Å². The van der Waals surface area contributed by atoms with Crippen molar-refractivity contribution in [2.24, 2.45) is 0 Å². The van der Waals surface area contributed by atoms with E-state index in [9.17, 15) is 9.59 Å². The van der Waals surface area contributed by atoms with Crippen LogP contribution < -0.4 is 0 Å². The van der Waals surface area contributed by atoms with Gasteiger partial charge in [-0.15, -0.1) is 0 Å². The molecule has 80 valence electrons. The summed E-state index contributed by atoms with van der Waals surface area (Å²) >= 11 is 0. The molecule has 0 saturated heterocycles. The van der Waals surface area contributed by atoms with E-state index in [1.54, 1.807) is 13.8 Å². The zero-order valence-electron chi connectivity index (χ0n) is 9.05. The van der Waals surface area contributed by atoms with Gasteiger partial charge in [0.25, 0.3) is 0 Å². The lowest BCUT2D eigenvalue weighted by Gasteiger charge is -2.05. The SMILES string of the molecule is COC(=O)CC(C)=C(C)CC(=O)OC. The molecule has 0 fully saturated rings. The first kappa shape index (κ1) is 12.7. The summed E-state index contributed by atoms with van der Waals surface area (Å²) in [6.07, 6.45) is 0.443. The molecule has 0 aromatic rings. The first-order valence-electron chi connectivity index (χ1n) is 4.30. The first-order valence-corrected chi connectivity index (χ1v) is 4.30. The van der Waals surface area contributed by atoms with E-state index in [4.69, 9.17) is 0 Å². The number of carbonyl (C=O) groups is 2. The van der Waals surface area contributed by atoms with Crippen molar-refractivity contribution < 1.29 is 19.1 Å². The first-order chi connectivity index (χ1) is 6.51. The predicted octanol–water partition coefficient (Wildman–Crippen LogP) is 1.45. The maximum atomic E-state index is 10.9. The number of hydrogen-bond donors (Lipinski definition) is 0. The average molecular weight is 200 g/mol.